The van der Waals surface area contributed by atoms with Gasteiger partial charge in [0.05, 0.1) is 76.1 Å². The summed E-state index contributed by atoms with van der Waals surface area (Å²) in [4.78, 5) is 2.11. The van der Waals surface area contributed by atoms with Crippen molar-refractivity contribution >= 4 is 107 Å². The van der Waals surface area contributed by atoms with E-state index < -0.39 is 346 Å². The number of hydrogen-bond acceptors (Lipinski definition) is 3. The number of aromatic nitrogens is 1. The van der Waals surface area contributed by atoms with Crippen molar-refractivity contribution < 1.29 is 48.0 Å². The molecule has 0 spiro atoms. The summed E-state index contributed by atoms with van der Waals surface area (Å²) in [5, 5.41) is -2.17. The smallest absolute Gasteiger partial charge is 0.252 e. The Hall–Kier alpha value is -8.28. The third-order valence-corrected chi connectivity index (χ3v) is 12.7. The summed E-state index contributed by atoms with van der Waals surface area (Å²) in [5.74, 6) is 0. The van der Waals surface area contributed by atoms with Gasteiger partial charge in [0.1, 0.15) is 0 Å². The van der Waals surface area contributed by atoms with E-state index in [4.69, 9.17) is 9.60 Å². The molecule has 0 unspecified atom stereocenters. The van der Waals surface area contributed by atoms with Crippen molar-refractivity contribution in [1.29, 1.82) is 0 Å². The van der Waals surface area contributed by atoms with E-state index in [1.54, 1.807) is 41.5 Å². The van der Waals surface area contributed by atoms with Gasteiger partial charge in [-0.2, -0.15) is 0 Å². The normalized spacial score (nSPS) is 20.3. The van der Waals surface area contributed by atoms with Gasteiger partial charge in [0.15, 0.2) is 0 Å². The zero-order valence-electron chi connectivity index (χ0n) is 73.4. The summed E-state index contributed by atoms with van der Waals surface area (Å²) < 4.78 is 338. The SMILES string of the molecule is [2H]c1c([2H])c2c3c(c1[2H])N1c4c(c([2H])c([2H])c([2H])c4-n4c5c([2H])c([2H])c([2H])c([2H])c5c5c([2H])c([2H])c([2H])c1c54)B3c1c([2H])c([2H])c(N(c3c([2H])c([2H])c(C(C)(C)C)c([2H])c3[2H])c3c([2H])c([2H])c(C(C)(C)C)c([2H])c3[2H])c([2H])c1N2c1c([2H])c([2H])c(-c2c([2H])c([2H])c3c([2H])c([2H])c([2H])c([2H])c3c2[2H])c([2H])c1[2H]. The van der Waals surface area contributed by atoms with Gasteiger partial charge in [-0.1, -0.05) is 168 Å². The van der Waals surface area contributed by atoms with Gasteiger partial charge in [0.25, 0.3) is 6.71 Å². The molecule has 0 aliphatic carbocycles. The van der Waals surface area contributed by atoms with Crippen molar-refractivity contribution in [1.82, 2.24) is 4.57 Å². The largest absolute Gasteiger partial charge is 0.311 e. The predicted molar refractivity (Wildman–Crippen MR) is 303 cm³/mol. The van der Waals surface area contributed by atoms with Gasteiger partial charge in [0, 0.05) is 50.6 Å². The van der Waals surface area contributed by atoms with Crippen molar-refractivity contribution in [3.63, 3.8) is 0 Å². The lowest BCUT2D eigenvalue weighted by Gasteiger charge is -2.46. The molecule has 4 nitrogen and oxygen atoms in total. The number of anilines is 9. The molecule has 14 rings (SSSR count). The van der Waals surface area contributed by atoms with Crippen LogP contribution in [0, 0.1) is 0 Å². The molecule has 0 saturated heterocycles. The van der Waals surface area contributed by atoms with Crippen molar-refractivity contribution in [2.24, 2.45) is 0 Å². The zero-order valence-corrected chi connectivity index (χ0v) is 38.4. The highest BCUT2D eigenvalue weighted by molar-refractivity contribution is 7.00. The van der Waals surface area contributed by atoms with Gasteiger partial charge in [-0.25, -0.2) is 0 Å². The molecule has 0 radical (unpaired) electrons. The minimum atomic E-state index is -2.19. The van der Waals surface area contributed by atoms with E-state index >= 15 is 0 Å². The van der Waals surface area contributed by atoms with Crippen LogP contribution in [-0.4, -0.2) is 11.3 Å². The van der Waals surface area contributed by atoms with Crippen LogP contribution in [0.5, 0.6) is 0 Å². The van der Waals surface area contributed by atoms with Crippen LogP contribution in [0.1, 0.15) is 101 Å². The average molecular weight is 948 g/mol. The standard InChI is InChI=1S/C66H53BN4/c1-65(2,3)46-28-34-48(35-29-46)68(49-36-30-47(31-37-49)66(4,5)6)51-38-39-54-61(41-51)69(50-32-26-43(27-33-50)45-25-24-42-14-7-8-15-44(42)40-45)57-20-13-21-58-62(57)67(54)55-18-12-23-60-64(55)71(58)59-22-11-17-53-52-16-9-10-19-56(52)70(60)63(53)59/h7-41H,1-6H3/i7D,8D,9D,10D,11D,12D,13D,14D,15D,16D,17D,18D,19D,20D,21D,22D,23D,24D,25D,26D,27D,28D,29D,30D,31D,32D,33D,34D,35D,36D,37D,38D,39D,40D,41D. The topological polar surface area (TPSA) is 14.7 Å². The average Bonchev–Trinajstić information content (AvgIpc) is 1.17. The molecule has 0 bridgehead atoms. The molecule has 10 aromatic carbocycles. The van der Waals surface area contributed by atoms with Crippen LogP contribution < -0.4 is 31.1 Å². The number of nitrogens with zero attached hydrogens (tertiary/aromatic N) is 4. The highest BCUT2D eigenvalue weighted by Gasteiger charge is 2.46. The van der Waals surface area contributed by atoms with E-state index in [-0.39, 0.29) is 11.1 Å². The van der Waals surface area contributed by atoms with Crippen LogP contribution in [-0.2, 0) is 10.8 Å². The summed E-state index contributed by atoms with van der Waals surface area (Å²) in [5.41, 5.74) is -16.0. The highest BCUT2D eigenvalue weighted by atomic mass is 15.2. The lowest BCUT2D eigenvalue weighted by Crippen LogP contribution is -2.61. The molecule has 3 aliphatic heterocycles. The third kappa shape index (κ3) is 6.25. The first-order valence-corrected chi connectivity index (χ1v) is 22.3. The number of rotatable bonds is 5. The molecular weight excluding hydrogens is 860 g/mol. The molecule has 71 heavy (non-hydrogen) atoms. The monoisotopic (exact) mass is 948 g/mol. The fraction of sp³-hybridized carbons (Fsp3) is 0.121. The van der Waals surface area contributed by atoms with E-state index in [1.165, 1.54) is 0 Å². The summed E-state index contributed by atoms with van der Waals surface area (Å²) >= 11 is 0. The Labute approximate surface area is 465 Å². The van der Waals surface area contributed by atoms with Crippen molar-refractivity contribution in [3.8, 4) is 16.8 Å². The van der Waals surface area contributed by atoms with E-state index in [2.05, 4.69) is 0 Å². The first-order valence-electron chi connectivity index (χ1n) is 39.8. The number of para-hydroxylation sites is 3. The van der Waals surface area contributed by atoms with E-state index in [0.717, 1.165) is 9.47 Å². The van der Waals surface area contributed by atoms with E-state index in [9.17, 15) is 38.4 Å². The van der Waals surface area contributed by atoms with Crippen LogP contribution in [0.4, 0.5) is 51.2 Å². The molecular formula is C66H53BN4. The first-order chi connectivity index (χ1) is 49.1. The van der Waals surface area contributed by atoms with Gasteiger partial charge >= 0.3 is 0 Å². The summed E-state index contributed by atoms with van der Waals surface area (Å²) in [6.07, 6.45) is 0. The Morgan fingerprint density at radius 3 is 1.72 bits per heavy atom. The van der Waals surface area contributed by atoms with Crippen LogP contribution in [0.25, 0.3) is 49.4 Å². The molecule has 0 saturated carbocycles. The number of fused-ring (bicyclic) bond motifs is 10. The van der Waals surface area contributed by atoms with Gasteiger partial charge in [0.2, 0.25) is 0 Å². The second-order valence-corrected chi connectivity index (χ2v) is 19.1. The summed E-state index contributed by atoms with van der Waals surface area (Å²) in [6.45, 7) is 7.22. The second-order valence-electron chi connectivity index (χ2n) is 19.1. The highest BCUT2D eigenvalue weighted by Crippen LogP contribution is 2.52. The molecule has 0 fully saturated rings. The van der Waals surface area contributed by atoms with Gasteiger partial charge in [-0.15, -0.1) is 0 Å². The minimum absolute atomic E-state index is 0.199. The molecule has 3 aliphatic rings. The van der Waals surface area contributed by atoms with Gasteiger partial charge in [-0.05, 0) is 145 Å². The van der Waals surface area contributed by atoms with E-state index in [0.29, 0.717) is 9.80 Å². The lowest BCUT2D eigenvalue weighted by atomic mass is 9.33. The van der Waals surface area contributed by atoms with Gasteiger partial charge < -0.3 is 19.3 Å². The molecule has 0 amide bonds. The maximum absolute atomic E-state index is 11.0. The Kier molecular flexibility index (Phi) is 4.15. The number of benzene rings is 10. The fourth-order valence-electron chi connectivity index (χ4n) is 9.33. The van der Waals surface area contributed by atoms with Crippen molar-refractivity contribution in [2.75, 3.05) is 14.7 Å². The zero-order chi connectivity index (χ0) is 78.4. The Balaban J connectivity index is 1.24. The Morgan fingerprint density at radius 1 is 0.423 bits per heavy atom. The Morgan fingerprint density at radius 2 is 1.00 bits per heavy atom. The summed E-state index contributed by atoms with van der Waals surface area (Å²) in [6, 6.07) is -34.1. The van der Waals surface area contributed by atoms with Crippen molar-refractivity contribution in [3.05, 3.63) is 223 Å². The maximum atomic E-state index is 11.0. The minimum Gasteiger partial charge on any atom is -0.311 e. The lowest BCUT2D eigenvalue weighted by molar-refractivity contribution is 0.590. The molecule has 340 valence electrons. The maximum Gasteiger partial charge on any atom is 0.252 e. The molecule has 5 heteroatoms. The molecule has 11 aromatic rings. The molecule has 0 N–H and O–H groups in total. The van der Waals surface area contributed by atoms with Crippen LogP contribution in [0.2, 0.25) is 0 Å². The first kappa shape index (κ1) is 19.5. The van der Waals surface area contributed by atoms with Gasteiger partial charge in [-0.3, -0.25) is 0 Å². The molecule has 4 heterocycles. The Bertz CT molecular complexity index is 5920. The number of hydrogen-bond donors (Lipinski definition) is 0. The van der Waals surface area contributed by atoms with Crippen LogP contribution in [0.3, 0.4) is 0 Å². The van der Waals surface area contributed by atoms with Crippen LogP contribution >= 0.6 is 0 Å². The fourth-order valence-corrected chi connectivity index (χ4v) is 9.33. The van der Waals surface area contributed by atoms with Crippen LogP contribution in [0.15, 0.2) is 211 Å². The molecule has 0 atom stereocenters. The summed E-state index contributed by atoms with van der Waals surface area (Å²) in [7, 11) is 0. The molecule has 1 aromatic heterocycles. The second kappa shape index (κ2) is 15.1. The quantitative estimate of drug-likeness (QED) is 0.160. The predicted octanol–water partition coefficient (Wildman–Crippen LogP) is 16.1. The third-order valence-electron chi connectivity index (χ3n) is 12.7. The van der Waals surface area contributed by atoms with E-state index in [1.807, 2.05) is 0 Å². The van der Waals surface area contributed by atoms with Crippen molar-refractivity contribution in [2.45, 2.75) is 52.4 Å².